The molecule has 0 aliphatic carbocycles. The molecule has 1 saturated heterocycles. The van der Waals surface area contributed by atoms with E-state index in [0.717, 1.165) is 21.5 Å². The van der Waals surface area contributed by atoms with E-state index in [0.29, 0.717) is 22.3 Å². The quantitative estimate of drug-likeness (QED) is 0.279. The van der Waals surface area contributed by atoms with Gasteiger partial charge >= 0.3 is 0 Å². The van der Waals surface area contributed by atoms with Gasteiger partial charge in [-0.2, -0.15) is 8.61 Å². The van der Waals surface area contributed by atoms with E-state index in [-0.39, 0.29) is 29.4 Å². The molecule has 198 valence electrons. The van der Waals surface area contributed by atoms with E-state index in [1.807, 2.05) is 48.5 Å². The van der Waals surface area contributed by atoms with Crippen LogP contribution in [0.25, 0.3) is 43.9 Å². The van der Waals surface area contributed by atoms with E-state index in [9.17, 15) is 16.8 Å². The molecule has 0 amide bonds. The Morgan fingerprint density at radius 3 is 1.64 bits per heavy atom. The minimum Gasteiger partial charge on any atom is -0.456 e. The van der Waals surface area contributed by atoms with Crippen molar-refractivity contribution < 1.29 is 25.7 Å². The van der Waals surface area contributed by atoms with Gasteiger partial charge in [-0.05, 0) is 55.5 Å². The van der Waals surface area contributed by atoms with Crippen LogP contribution in [0.1, 0.15) is 6.92 Å². The van der Waals surface area contributed by atoms with Gasteiger partial charge < -0.3 is 8.83 Å². The molecule has 2 aromatic heterocycles. The number of hydrogen-bond donors (Lipinski definition) is 0. The van der Waals surface area contributed by atoms with Crippen molar-refractivity contribution in [3.63, 3.8) is 0 Å². The highest BCUT2D eigenvalue weighted by Gasteiger charge is 2.38. The summed E-state index contributed by atoms with van der Waals surface area (Å²) in [5.74, 6) is 0. The van der Waals surface area contributed by atoms with E-state index < -0.39 is 26.1 Å². The maximum Gasteiger partial charge on any atom is 0.243 e. The fraction of sp³-hybridized carbons (Fsp3) is 0.172. The van der Waals surface area contributed by atoms with Crippen molar-refractivity contribution in [1.29, 1.82) is 0 Å². The number of sulfonamides is 2. The molecular weight excluding hydrogens is 536 g/mol. The zero-order valence-corrected chi connectivity index (χ0v) is 22.6. The Morgan fingerprint density at radius 1 is 0.615 bits per heavy atom. The summed E-state index contributed by atoms with van der Waals surface area (Å²) in [4.78, 5) is 0.310. The summed E-state index contributed by atoms with van der Waals surface area (Å²) >= 11 is 0. The summed E-state index contributed by atoms with van der Waals surface area (Å²) in [5, 5.41) is 3.14. The summed E-state index contributed by atoms with van der Waals surface area (Å²) in [7, 11) is -7.72. The molecule has 1 fully saturated rings. The lowest BCUT2D eigenvalue weighted by Crippen LogP contribution is -2.55. The lowest BCUT2D eigenvalue weighted by atomic mass is 10.1. The highest BCUT2D eigenvalue weighted by Crippen LogP contribution is 2.34. The molecule has 7 rings (SSSR count). The average molecular weight is 561 g/mol. The summed E-state index contributed by atoms with van der Waals surface area (Å²) in [5.41, 5.74) is 2.61. The third kappa shape index (κ3) is 3.78. The van der Waals surface area contributed by atoms with Gasteiger partial charge in [0.2, 0.25) is 20.0 Å². The third-order valence-corrected chi connectivity index (χ3v) is 11.3. The minimum absolute atomic E-state index is 0.0443. The molecular formula is C29H24N2O6S2. The lowest BCUT2D eigenvalue weighted by molar-refractivity contribution is 0.212. The Labute approximate surface area is 225 Å². The van der Waals surface area contributed by atoms with Crippen LogP contribution in [-0.4, -0.2) is 51.1 Å². The van der Waals surface area contributed by atoms with Crippen LogP contribution in [-0.2, 0) is 20.0 Å². The van der Waals surface area contributed by atoms with Gasteiger partial charge in [0, 0.05) is 47.2 Å². The fourth-order valence-electron chi connectivity index (χ4n) is 5.50. The van der Waals surface area contributed by atoms with Gasteiger partial charge in [0.15, 0.2) is 0 Å². The Bertz CT molecular complexity index is 2130. The molecule has 1 atom stereocenters. The monoisotopic (exact) mass is 560 g/mol. The summed E-state index contributed by atoms with van der Waals surface area (Å²) < 4.78 is 69.0. The maximum absolute atomic E-state index is 13.7. The van der Waals surface area contributed by atoms with Crippen molar-refractivity contribution in [1.82, 2.24) is 8.61 Å². The van der Waals surface area contributed by atoms with Crippen LogP contribution in [0.3, 0.4) is 0 Å². The first-order chi connectivity index (χ1) is 18.7. The second-order valence-corrected chi connectivity index (χ2v) is 13.7. The normalized spacial score (nSPS) is 18.0. The van der Waals surface area contributed by atoms with E-state index in [1.165, 1.54) is 14.7 Å². The molecule has 4 aromatic carbocycles. The van der Waals surface area contributed by atoms with E-state index in [4.69, 9.17) is 8.83 Å². The molecule has 0 bridgehead atoms. The molecule has 8 nitrogen and oxygen atoms in total. The number of para-hydroxylation sites is 2. The van der Waals surface area contributed by atoms with Gasteiger partial charge in [-0.1, -0.05) is 36.4 Å². The molecule has 10 heteroatoms. The molecule has 1 aliphatic heterocycles. The Kier molecular flexibility index (Phi) is 5.40. The Morgan fingerprint density at radius 2 is 1.10 bits per heavy atom. The number of piperazine rings is 1. The minimum atomic E-state index is -3.87. The van der Waals surface area contributed by atoms with Crippen molar-refractivity contribution in [2.24, 2.45) is 0 Å². The standard InChI is InChI=1S/C29H24N2O6S2/c1-19-18-30(38(32,33)20-10-12-28-24(16-20)22-6-2-4-8-26(22)36-28)14-15-31(19)39(34,35)21-11-13-29-25(17-21)23-7-3-5-9-27(23)37-29/h2-13,16-17,19H,14-15,18H2,1H3. The van der Waals surface area contributed by atoms with Gasteiger partial charge in [0.25, 0.3) is 0 Å². The van der Waals surface area contributed by atoms with E-state index in [2.05, 4.69) is 0 Å². The highest BCUT2D eigenvalue weighted by molar-refractivity contribution is 7.89. The van der Waals surface area contributed by atoms with Crippen LogP contribution in [0.4, 0.5) is 0 Å². The second-order valence-electron chi connectivity index (χ2n) is 9.84. The molecule has 0 spiro atoms. The van der Waals surface area contributed by atoms with Crippen molar-refractivity contribution in [3.8, 4) is 0 Å². The number of rotatable bonds is 4. The van der Waals surface area contributed by atoms with Gasteiger partial charge in [-0.15, -0.1) is 0 Å². The smallest absolute Gasteiger partial charge is 0.243 e. The fourth-order valence-corrected chi connectivity index (χ4v) is 8.68. The number of fused-ring (bicyclic) bond motifs is 6. The van der Waals surface area contributed by atoms with Crippen molar-refractivity contribution in [2.45, 2.75) is 22.8 Å². The second kappa shape index (κ2) is 8.65. The third-order valence-electron chi connectivity index (χ3n) is 7.47. The van der Waals surface area contributed by atoms with Crippen LogP contribution in [0, 0.1) is 0 Å². The number of hydrogen-bond acceptors (Lipinski definition) is 6. The van der Waals surface area contributed by atoms with Crippen LogP contribution in [0.5, 0.6) is 0 Å². The molecule has 0 saturated carbocycles. The predicted molar refractivity (Wildman–Crippen MR) is 150 cm³/mol. The van der Waals surface area contributed by atoms with Crippen LogP contribution < -0.4 is 0 Å². The molecule has 1 aliphatic rings. The SMILES string of the molecule is CC1CN(S(=O)(=O)c2ccc3oc4ccccc4c3c2)CCN1S(=O)(=O)c1ccc2oc3ccccc3c2c1. The van der Waals surface area contributed by atoms with Crippen LogP contribution >= 0.6 is 0 Å². The summed E-state index contributed by atoms with van der Waals surface area (Å²) in [6, 6.07) is 24.1. The molecule has 39 heavy (non-hydrogen) atoms. The Hall–Kier alpha value is -3.70. The van der Waals surface area contributed by atoms with Crippen molar-refractivity contribution >= 4 is 63.9 Å². The number of benzene rings is 4. The first-order valence-corrected chi connectivity index (χ1v) is 15.5. The first-order valence-electron chi connectivity index (χ1n) is 12.6. The van der Waals surface area contributed by atoms with Gasteiger partial charge in [-0.3, -0.25) is 0 Å². The van der Waals surface area contributed by atoms with Gasteiger partial charge in [0.05, 0.1) is 9.79 Å². The van der Waals surface area contributed by atoms with Crippen LogP contribution in [0.15, 0.2) is 104 Å². The van der Waals surface area contributed by atoms with Crippen molar-refractivity contribution in [2.75, 3.05) is 19.6 Å². The maximum atomic E-state index is 13.7. The summed E-state index contributed by atoms with van der Waals surface area (Å²) in [6.45, 7) is 1.87. The van der Waals surface area contributed by atoms with E-state index in [1.54, 1.807) is 37.3 Å². The van der Waals surface area contributed by atoms with Crippen LogP contribution in [0.2, 0.25) is 0 Å². The zero-order valence-electron chi connectivity index (χ0n) is 20.9. The molecule has 0 radical (unpaired) electrons. The zero-order chi connectivity index (χ0) is 26.9. The number of nitrogens with zero attached hydrogens (tertiary/aromatic N) is 2. The largest absolute Gasteiger partial charge is 0.456 e. The predicted octanol–water partition coefficient (Wildman–Crippen LogP) is 5.57. The van der Waals surface area contributed by atoms with E-state index >= 15 is 0 Å². The van der Waals surface area contributed by atoms with Gasteiger partial charge in [0.1, 0.15) is 22.3 Å². The topological polar surface area (TPSA) is 101 Å². The first kappa shape index (κ1) is 24.3. The highest BCUT2D eigenvalue weighted by atomic mass is 32.2. The molecule has 3 heterocycles. The molecule has 1 unspecified atom stereocenters. The Balaban J connectivity index is 1.18. The van der Waals surface area contributed by atoms with Crippen molar-refractivity contribution in [3.05, 3.63) is 84.9 Å². The van der Waals surface area contributed by atoms with Gasteiger partial charge in [-0.25, -0.2) is 16.8 Å². The molecule has 6 aromatic rings. The summed E-state index contributed by atoms with van der Waals surface area (Å²) in [6.07, 6.45) is 0. The number of furan rings is 2. The molecule has 0 N–H and O–H groups in total. The lowest BCUT2D eigenvalue weighted by Gasteiger charge is -2.38. The average Bonchev–Trinajstić information content (AvgIpc) is 3.50.